The Kier molecular flexibility index (Phi) is 8.26. The van der Waals surface area contributed by atoms with Gasteiger partial charge in [-0.3, -0.25) is 9.69 Å². The standard InChI is InChI=1S/C15H22BrN3O.ClH/c1-17-9-12-3-2-8-19(10-12)11-15(20)18-14-6-4-13(16)5-7-14;/h4-7,12,17H,2-3,8-11H2,1H3,(H,18,20);1H. The van der Waals surface area contributed by atoms with Gasteiger partial charge >= 0.3 is 0 Å². The summed E-state index contributed by atoms with van der Waals surface area (Å²) < 4.78 is 1.02. The molecule has 1 aromatic carbocycles. The normalized spacial score (nSPS) is 18.9. The molecule has 21 heavy (non-hydrogen) atoms. The summed E-state index contributed by atoms with van der Waals surface area (Å²) in [4.78, 5) is 14.3. The van der Waals surface area contributed by atoms with Crippen LogP contribution < -0.4 is 10.6 Å². The second-order valence-corrected chi connectivity index (χ2v) is 6.27. The van der Waals surface area contributed by atoms with E-state index in [2.05, 4.69) is 31.5 Å². The fourth-order valence-corrected chi connectivity index (χ4v) is 2.95. The van der Waals surface area contributed by atoms with Gasteiger partial charge in [-0.15, -0.1) is 12.4 Å². The molecule has 0 bridgehead atoms. The predicted molar refractivity (Wildman–Crippen MR) is 93.1 cm³/mol. The molecular weight excluding hydrogens is 354 g/mol. The average molecular weight is 377 g/mol. The summed E-state index contributed by atoms with van der Waals surface area (Å²) in [6.07, 6.45) is 2.43. The Labute approximate surface area is 141 Å². The lowest BCUT2D eigenvalue weighted by Gasteiger charge is -2.32. The Bertz CT molecular complexity index is 439. The molecular formula is C15H23BrClN3O. The van der Waals surface area contributed by atoms with Crippen molar-refractivity contribution in [2.24, 2.45) is 5.92 Å². The molecule has 1 aromatic rings. The van der Waals surface area contributed by atoms with E-state index in [1.165, 1.54) is 12.8 Å². The van der Waals surface area contributed by atoms with E-state index in [0.717, 1.165) is 29.8 Å². The predicted octanol–water partition coefficient (Wildman–Crippen LogP) is 2.74. The molecule has 2 rings (SSSR count). The number of halogens is 2. The Balaban J connectivity index is 0.00000220. The first kappa shape index (κ1) is 18.4. The Morgan fingerprint density at radius 1 is 1.38 bits per heavy atom. The van der Waals surface area contributed by atoms with Gasteiger partial charge in [-0.25, -0.2) is 0 Å². The molecule has 1 aliphatic heterocycles. The first-order chi connectivity index (χ1) is 9.67. The van der Waals surface area contributed by atoms with Gasteiger partial charge < -0.3 is 10.6 Å². The zero-order chi connectivity index (χ0) is 14.4. The number of nitrogens with zero attached hydrogens (tertiary/aromatic N) is 1. The fraction of sp³-hybridized carbons (Fsp3) is 0.533. The van der Waals surface area contributed by atoms with Gasteiger partial charge in [0, 0.05) is 16.7 Å². The van der Waals surface area contributed by atoms with Crippen molar-refractivity contribution < 1.29 is 4.79 Å². The first-order valence-electron chi connectivity index (χ1n) is 7.10. The third kappa shape index (κ3) is 6.34. The Hall–Kier alpha value is -0.620. The third-order valence-corrected chi connectivity index (χ3v) is 4.12. The molecule has 1 heterocycles. The molecule has 1 fully saturated rings. The van der Waals surface area contributed by atoms with Gasteiger partial charge in [0.25, 0.3) is 0 Å². The number of benzene rings is 1. The maximum atomic E-state index is 12.1. The SMILES string of the molecule is CNCC1CCCN(CC(=O)Nc2ccc(Br)cc2)C1.Cl. The van der Waals surface area contributed by atoms with E-state index in [1.807, 2.05) is 31.3 Å². The lowest BCUT2D eigenvalue weighted by Crippen LogP contribution is -2.42. The van der Waals surface area contributed by atoms with Crippen LogP contribution in [0.25, 0.3) is 0 Å². The second-order valence-electron chi connectivity index (χ2n) is 5.36. The number of amides is 1. The first-order valence-corrected chi connectivity index (χ1v) is 7.89. The number of carbonyl (C=O) groups excluding carboxylic acids is 1. The number of carbonyl (C=O) groups is 1. The van der Waals surface area contributed by atoms with Crippen LogP contribution in [0.4, 0.5) is 5.69 Å². The van der Waals surface area contributed by atoms with E-state index in [0.29, 0.717) is 12.5 Å². The van der Waals surface area contributed by atoms with Gasteiger partial charge in [0.15, 0.2) is 0 Å². The molecule has 1 amide bonds. The van der Waals surface area contributed by atoms with Crippen molar-refractivity contribution in [3.05, 3.63) is 28.7 Å². The van der Waals surface area contributed by atoms with Crippen LogP contribution in [0.15, 0.2) is 28.7 Å². The molecule has 0 saturated carbocycles. The van der Waals surface area contributed by atoms with E-state index in [4.69, 9.17) is 0 Å². The molecule has 1 unspecified atom stereocenters. The summed E-state index contributed by atoms with van der Waals surface area (Å²) in [6, 6.07) is 7.67. The van der Waals surface area contributed by atoms with Gasteiger partial charge in [0.05, 0.1) is 6.54 Å². The highest BCUT2D eigenvalue weighted by Gasteiger charge is 2.20. The zero-order valence-corrected chi connectivity index (χ0v) is 14.7. The minimum absolute atomic E-state index is 0. The summed E-state index contributed by atoms with van der Waals surface area (Å²) in [7, 11) is 1.99. The van der Waals surface area contributed by atoms with Gasteiger partial charge in [-0.1, -0.05) is 15.9 Å². The second kappa shape index (κ2) is 9.41. The quantitative estimate of drug-likeness (QED) is 0.830. The fourth-order valence-electron chi connectivity index (χ4n) is 2.69. The molecule has 6 heteroatoms. The number of rotatable bonds is 5. The highest BCUT2D eigenvalue weighted by molar-refractivity contribution is 9.10. The van der Waals surface area contributed by atoms with Crippen LogP contribution >= 0.6 is 28.3 Å². The van der Waals surface area contributed by atoms with Crippen LogP contribution in [0.3, 0.4) is 0 Å². The van der Waals surface area contributed by atoms with Crippen LogP contribution in [0.2, 0.25) is 0 Å². The van der Waals surface area contributed by atoms with Crippen LogP contribution in [0, 0.1) is 5.92 Å². The summed E-state index contributed by atoms with van der Waals surface area (Å²) in [6.45, 7) is 3.55. The smallest absolute Gasteiger partial charge is 0.238 e. The highest BCUT2D eigenvalue weighted by Crippen LogP contribution is 2.16. The van der Waals surface area contributed by atoms with Gasteiger partial charge in [-0.2, -0.15) is 0 Å². The van der Waals surface area contributed by atoms with Crippen molar-refractivity contribution in [3.8, 4) is 0 Å². The van der Waals surface area contributed by atoms with Crippen LogP contribution in [0.1, 0.15) is 12.8 Å². The maximum absolute atomic E-state index is 12.1. The van der Waals surface area contributed by atoms with Gasteiger partial charge in [-0.05, 0) is 63.2 Å². The summed E-state index contributed by atoms with van der Waals surface area (Å²) in [5.74, 6) is 0.728. The molecule has 4 nitrogen and oxygen atoms in total. The highest BCUT2D eigenvalue weighted by atomic mass is 79.9. The van der Waals surface area contributed by atoms with Crippen LogP contribution in [0.5, 0.6) is 0 Å². The van der Waals surface area contributed by atoms with Gasteiger partial charge in [0.1, 0.15) is 0 Å². The minimum atomic E-state index is 0. The van der Waals surface area contributed by atoms with Crippen molar-refractivity contribution >= 4 is 39.9 Å². The molecule has 2 N–H and O–H groups in total. The van der Waals surface area contributed by atoms with E-state index in [-0.39, 0.29) is 18.3 Å². The number of hydrogen-bond donors (Lipinski definition) is 2. The van der Waals surface area contributed by atoms with Gasteiger partial charge in [0.2, 0.25) is 5.91 Å². The van der Waals surface area contributed by atoms with E-state index >= 15 is 0 Å². The lowest BCUT2D eigenvalue weighted by molar-refractivity contribution is -0.117. The van der Waals surface area contributed by atoms with Crippen molar-refractivity contribution in [2.45, 2.75) is 12.8 Å². The number of piperidine rings is 1. The summed E-state index contributed by atoms with van der Waals surface area (Å²) >= 11 is 3.39. The number of anilines is 1. The molecule has 1 atom stereocenters. The Morgan fingerprint density at radius 2 is 2.10 bits per heavy atom. The van der Waals surface area contributed by atoms with Crippen LogP contribution in [-0.4, -0.2) is 44.0 Å². The number of nitrogens with one attached hydrogen (secondary N) is 2. The minimum Gasteiger partial charge on any atom is -0.325 e. The molecule has 118 valence electrons. The average Bonchev–Trinajstić information content (AvgIpc) is 2.42. The zero-order valence-electron chi connectivity index (χ0n) is 12.3. The van der Waals surface area contributed by atoms with E-state index < -0.39 is 0 Å². The molecule has 0 radical (unpaired) electrons. The largest absolute Gasteiger partial charge is 0.325 e. The van der Waals surface area contributed by atoms with Crippen molar-refractivity contribution in [1.29, 1.82) is 0 Å². The summed E-state index contributed by atoms with van der Waals surface area (Å²) in [5.41, 5.74) is 0.849. The Morgan fingerprint density at radius 3 is 2.76 bits per heavy atom. The number of hydrogen-bond acceptors (Lipinski definition) is 3. The molecule has 1 aliphatic rings. The summed E-state index contributed by atoms with van der Waals surface area (Å²) in [5, 5.41) is 6.17. The maximum Gasteiger partial charge on any atom is 0.238 e. The molecule has 0 aliphatic carbocycles. The van der Waals surface area contributed by atoms with E-state index in [1.54, 1.807) is 0 Å². The topological polar surface area (TPSA) is 44.4 Å². The molecule has 0 aromatic heterocycles. The number of likely N-dealkylation sites (tertiary alicyclic amines) is 1. The van der Waals surface area contributed by atoms with E-state index in [9.17, 15) is 4.79 Å². The monoisotopic (exact) mass is 375 g/mol. The van der Waals surface area contributed by atoms with Crippen LogP contribution in [-0.2, 0) is 4.79 Å². The van der Waals surface area contributed by atoms with Crippen molar-refractivity contribution in [1.82, 2.24) is 10.2 Å². The third-order valence-electron chi connectivity index (χ3n) is 3.59. The lowest BCUT2D eigenvalue weighted by atomic mass is 9.98. The molecule has 0 spiro atoms. The molecule has 1 saturated heterocycles. The van der Waals surface area contributed by atoms with Crippen molar-refractivity contribution in [2.75, 3.05) is 38.5 Å². The van der Waals surface area contributed by atoms with Crippen molar-refractivity contribution in [3.63, 3.8) is 0 Å².